The Balaban J connectivity index is 2.01. The van der Waals surface area contributed by atoms with Crippen LogP contribution in [0, 0.1) is 5.82 Å². The van der Waals surface area contributed by atoms with Crippen molar-refractivity contribution in [1.82, 2.24) is 5.32 Å². The van der Waals surface area contributed by atoms with Crippen LogP contribution in [0.1, 0.15) is 34.5 Å². The van der Waals surface area contributed by atoms with E-state index >= 15 is 0 Å². The summed E-state index contributed by atoms with van der Waals surface area (Å²) in [4.78, 5) is 11.3. The van der Waals surface area contributed by atoms with Crippen molar-refractivity contribution in [2.75, 3.05) is 7.11 Å². The Morgan fingerprint density at radius 3 is 2.57 bits per heavy atom. The molecule has 0 aliphatic rings. The quantitative estimate of drug-likeness (QED) is 0.856. The molecule has 1 atom stereocenters. The summed E-state index contributed by atoms with van der Waals surface area (Å²) in [5, 5.41) is 3.32. The Morgan fingerprint density at radius 2 is 1.95 bits per heavy atom. The third-order valence-electron chi connectivity index (χ3n) is 3.35. The summed E-state index contributed by atoms with van der Waals surface area (Å²) >= 11 is 0. The maximum absolute atomic E-state index is 13.8. The summed E-state index contributed by atoms with van der Waals surface area (Å²) in [6.45, 7) is 2.57. The number of esters is 1. The standard InChI is InChI=1S/C17H18FNO2/c1-12(14-6-4-3-5-7-14)19-11-13-8-9-15(16(18)10-13)17(20)21-2/h3-10,12,19H,11H2,1-2H3. The van der Waals surface area contributed by atoms with Crippen LogP contribution in [0.2, 0.25) is 0 Å². The summed E-state index contributed by atoms with van der Waals surface area (Å²) in [7, 11) is 1.23. The first-order valence-corrected chi connectivity index (χ1v) is 6.77. The van der Waals surface area contributed by atoms with Crippen LogP contribution in [-0.4, -0.2) is 13.1 Å². The molecule has 2 aromatic rings. The van der Waals surface area contributed by atoms with Gasteiger partial charge in [-0.2, -0.15) is 0 Å². The lowest BCUT2D eigenvalue weighted by molar-refractivity contribution is 0.0595. The number of hydrogen-bond donors (Lipinski definition) is 1. The molecule has 0 saturated carbocycles. The third kappa shape index (κ3) is 3.89. The molecule has 1 N–H and O–H groups in total. The molecule has 0 radical (unpaired) electrons. The molecule has 0 aliphatic heterocycles. The van der Waals surface area contributed by atoms with Crippen LogP contribution in [-0.2, 0) is 11.3 Å². The number of halogens is 1. The van der Waals surface area contributed by atoms with Gasteiger partial charge in [0.1, 0.15) is 5.82 Å². The highest BCUT2D eigenvalue weighted by molar-refractivity contribution is 5.89. The van der Waals surface area contributed by atoms with Crippen molar-refractivity contribution in [3.63, 3.8) is 0 Å². The molecular weight excluding hydrogens is 269 g/mol. The predicted molar refractivity (Wildman–Crippen MR) is 79.4 cm³/mol. The number of ether oxygens (including phenoxy) is 1. The lowest BCUT2D eigenvalue weighted by atomic mass is 10.1. The fourth-order valence-electron chi connectivity index (χ4n) is 2.07. The number of hydrogen-bond acceptors (Lipinski definition) is 3. The van der Waals surface area contributed by atoms with Gasteiger partial charge in [-0.15, -0.1) is 0 Å². The van der Waals surface area contributed by atoms with E-state index in [4.69, 9.17) is 0 Å². The van der Waals surface area contributed by atoms with Gasteiger partial charge in [0.25, 0.3) is 0 Å². The lowest BCUT2D eigenvalue weighted by Gasteiger charge is -2.14. The minimum absolute atomic E-state index is 0.0441. The molecule has 0 aliphatic carbocycles. The second-order valence-electron chi connectivity index (χ2n) is 4.82. The maximum Gasteiger partial charge on any atom is 0.340 e. The minimum Gasteiger partial charge on any atom is -0.465 e. The Labute approximate surface area is 123 Å². The first kappa shape index (κ1) is 15.2. The Morgan fingerprint density at radius 1 is 1.24 bits per heavy atom. The van der Waals surface area contributed by atoms with Crippen LogP contribution in [0.15, 0.2) is 48.5 Å². The molecule has 0 aromatic heterocycles. The zero-order valence-electron chi connectivity index (χ0n) is 12.1. The summed E-state index contributed by atoms with van der Waals surface area (Å²) in [5.74, 6) is -1.22. The first-order valence-electron chi connectivity index (χ1n) is 6.77. The number of rotatable bonds is 5. The van der Waals surface area contributed by atoms with E-state index in [2.05, 4.69) is 17.0 Å². The molecule has 110 valence electrons. The molecule has 3 nitrogen and oxygen atoms in total. The fraction of sp³-hybridized carbons (Fsp3) is 0.235. The highest BCUT2D eigenvalue weighted by Gasteiger charge is 2.12. The van der Waals surface area contributed by atoms with Crippen LogP contribution in [0.4, 0.5) is 4.39 Å². The number of benzene rings is 2. The van der Waals surface area contributed by atoms with Gasteiger partial charge in [0.05, 0.1) is 12.7 Å². The van der Waals surface area contributed by atoms with E-state index in [-0.39, 0.29) is 11.6 Å². The highest BCUT2D eigenvalue weighted by Crippen LogP contribution is 2.15. The Hall–Kier alpha value is -2.20. The number of nitrogens with one attached hydrogen (secondary N) is 1. The second kappa shape index (κ2) is 6.99. The maximum atomic E-state index is 13.8. The van der Waals surface area contributed by atoms with Crippen LogP contribution >= 0.6 is 0 Å². The van der Waals surface area contributed by atoms with E-state index in [1.165, 1.54) is 24.8 Å². The van der Waals surface area contributed by atoms with Gasteiger partial charge in [0, 0.05) is 12.6 Å². The van der Waals surface area contributed by atoms with Gasteiger partial charge < -0.3 is 10.1 Å². The fourth-order valence-corrected chi connectivity index (χ4v) is 2.07. The van der Waals surface area contributed by atoms with Crippen molar-refractivity contribution in [2.24, 2.45) is 0 Å². The van der Waals surface area contributed by atoms with Crippen LogP contribution in [0.25, 0.3) is 0 Å². The monoisotopic (exact) mass is 287 g/mol. The van der Waals surface area contributed by atoms with E-state index in [0.717, 1.165) is 5.56 Å². The molecular formula is C17H18FNO2. The van der Waals surface area contributed by atoms with E-state index in [1.54, 1.807) is 6.07 Å². The van der Waals surface area contributed by atoms with Crippen molar-refractivity contribution in [2.45, 2.75) is 19.5 Å². The van der Waals surface area contributed by atoms with Gasteiger partial charge in [0.15, 0.2) is 0 Å². The molecule has 0 saturated heterocycles. The number of carbonyl (C=O) groups excluding carboxylic acids is 1. The Bertz CT molecular complexity index is 613. The predicted octanol–water partition coefficient (Wildman–Crippen LogP) is 3.46. The topological polar surface area (TPSA) is 38.3 Å². The van der Waals surface area contributed by atoms with Gasteiger partial charge in [-0.3, -0.25) is 0 Å². The van der Waals surface area contributed by atoms with E-state index in [0.29, 0.717) is 6.54 Å². The largest absolute Gasteiger partial charge is 0.465 e. The van der Waals surface area contributed by atoms with Crippen LogP contribution < -0.4 is 5.32 Å². The van der Waals surface area contributed by atoms with Gasteiger partial charge in [-0.25, -0.2) is 9.18 Å². The minimum atomic E-state index is -0.662. The Kier molecular flexibility index (Phi) is 5.06. The summed E-state index contributed by atoms with van der Waals surface area (Å²) in [5.41, 5.74) is 1.91. The zero-order valence-corrected chi connectivity index (χ0v) is 12.1. The molecule has 1 unspecified atom stereocenters. The lowest BCUT2D eigenvalue weighted by Crippen LogP contribution is -2.18. The van der Waals surface area contributed by atoms with Crippen molar-refractivity contribution >= 4 is 5.97 Å². The van der Waals surface area contributed by atoms with Gasteiger partial charge in [-0.1, -0.05) is 36.4 Å². The molecule has 0 spiro atoms. The molecule has 0 bridgehead atoms. The molecule has 0 heterocycles. The highest BCUT2D eigenvalue weighted by atomic mass is 19.1. The number of carbonyl (C=O) groups is 1. The first-order chi connectivity index (χ1) is 10.1. The smallest absolute Gasteiger partial charge is 0.340 e. The molecule has 2 rings (SSSR count). The van der Waals surface area contributed by atoms with E-state index in [9.17, 15) is 9.18 Å². The SMILES string of the molecule is COC(=O)c1ccc(CNC(C)c2ccccc2)cc1F. The van der Waals surface area contributed by atoms with Crippen molar-refractivity contribution < 1.29 is 13.9 Å². The van der Waals surface area contributed by atoms with E-state index < -0.39 is 11.8 Å². The number of methoxy groups -OCH3 is 1. The van der Waals surface area contributed by atoms with Crippen LogP contribution in [0.5, 0.6) is 0 Å². The molecule has 0 fully saturated rings. The summed E-state index contributed by atoms with van der Waals surface area (Å²) in [6, 6.07) is 14.7. The van der Waals surface area contributed by atoms with Gasteiger partial charge in [-0.05, 0) is 30.2 Å². The molecule has 0 amide bonds. The molecule has 2 aromatic carbocycles. The van der Waals surface area contributed by atoms with Gasteiger partial charge in [0.2, 0.25) is 0 Å². The average molecular weight is 287 g/mol. The van der Waals surface area contributed by atoms with Crippen molar-refractivity contribution in [3.05, 3.63) is 71.0 Å². The average Bonchev–Trinajstić information content (AvgIpc) is 2.52. The van der Waals surface area contributed by atoms with Crippen molar-refractivity contribution in [1.29, 1.82) is 0 Å². The van der Waals surface area contributed by atoms with Crippen molar-refractivity contribution in [3.8, 4) is 0 Å². The third-order valence-corrected chi connectivity index (χ3v) is 3.35. The zero-order chi connectivity index (χ0) is 15.2. The molecule has 4 heteroatoms. The van der Waals surface area contributed by atoms with E-state index in [1.807, 2.05) is 30.3 Å². The normalized spacial score (nSPS) is 12.0. The van der Waals surface area contributed by atoms with Crippen LogP contribution in [0.3, 0.4) is 0 Å². The molecule has 21 heavy (non-hydrogen) atoms. The van der Waals surface area contributed by atoms with Gasteiger partial charge >= 0.3 is 5.97 Å². The summed E-state index contributed by atoms with van der Waals surface area (Å²) < 4.78 is 18.3. The summed E-state index contributed by atoms with van der Waals surface area (Å²) in [6.07, 6.45) is 0. The second-order valence-corrected chi connectivity index (χ2v) is 4.82.